The van der Waals surface area contributed by atoms with E-state index >= 15 is 0 Å². The molecule has 8 aromatic rings. The largest absolute Gasteiger partial charge is 0.305 e. The second-order valence-corrected chi connectivity index (χ2v) is 12.2. The summed E-state index contributed by atoms with van der Waals surface area (Å²) in [5.74, 6) is 0. The number of fused-ring (bicyclic) bond motifs is 8. The minimum Gasteiger partial charge on any atom is -0.305 e. The summed E-state index contributed by atoms with van der Waals surface area (Å²) in [6.07, 6.45) is 5.90. The van der Waals surface area contributed by atoms with E-state index in [9.17, 15) is 0 Å². The summed E-state index contributed by atoms with van der Waals surface area (Å²) in [4.78, 5) is 9.11. The minimum atomic E-state index is 0. The molecule has 48 heavy (non-hydrogen) atoms. The maximum absolute atomic E-state index is 4.89. The van der Waals surface area contributed by atoms with Crippen LogP contribution in [0.4, 0.5) is 0 Å². The Morgan fingerprint density at radius 3 is 2.08 bits per heavy atom. The fourth-order valence-corrected chi connectivity index (χ4v) is 7.58. The van der Waals surface area contributed by atoms with Crippen molar-refractivity contribution in [2.45, 2.75) is 32.1 Å². The van der Waals surface area contributed by atoms with Gasteiger partial charge in [0.15, 0.2) is 0 Å². The standard InChI is InChI=1S/C34H26N.C11H8N.Ir/c1-3-34(4-2)31-12-8-7-11-28(31)29-16-14-23(21-32(29)34)33-30-18-17-25-24-10-6-5-9-22(24)13-15-26(25)27(30)19-20-35-33;1-2-6-10(7-3-1)11-8-4-5-9-12-11;/h5-13,15-21H,3-4H2,1-2H3;1-6,8-9H;/q2*-1;. The molecule has 0 atom stereocenters. The molecule has 235 valence electrons. The SMILES string of the molecule is CCC1(CC)c2ccccc2-c2c[c-]c(-c3nccc4c3ccc3c5ccccc5ccc43)cc21.[Ir].[c-]1ccccc1-c1ccccn1. The zero-order chi connectivity index (χ0) is 31.8. The van der Waals surface area contributed by atoms with Crippen LogP contribution in [0.25, 0.3) is 66.0 Å². The van der Waals surface area contributed by atoms with Crippen molar-refractivity contribution in [3.8, 4) is 33.6 Å². The Labute approximate surface area is 295 Å². The van der Waals surface area contributed by atoms with Crippen LogP contribution in [0.1, 0.15) is 37.8 Å². The van der Waals surface area contributed by atoms with Gasteiger partial charge in [0.1, 0.15) is 0 Å². The molecule has 0 saturated heterocycles. The van der Waals surface area contributed by atoms with Gasteiger partial charge in [0, 0.05) is 37.9 Å². The van der Waals surface area contributed by atoms with Gasteiger partial charge in [0.05, 0.1) is 0 Å². The summed E-state index contributed by atoms with van der Waals surface area (Å²) in [6.45, 7) is 4.64. The van der Waals surface area contributed by atoms with Crippen molar-refractivity contribution in [1.29, 1.82) is 0 Å². The molecular formula is C45H34IrN2-2. The maximum atomic E-state index is 4.89. The van der Waals surface area contributed by atoms with Crippen LogP contribution in [0, 0.1) is 12.1 Å². The molecule has 0 amide bonds. The molecule has 0 N–H and O–H groups in total. The van der Waals surface area contributed by atoms with Crippen molar-refractivity contribution in [2.75, 3.05) is 0 Å². The van der Waals surface area contributed by atoms with Crippen LogP contribution in [0.15, 0.2) is 146 Å². The molecule has 2 heterocycles. The molecule has 2 nitrogen and oxygen atoms in total. The van der Waals surface area contributed by atoms with Gasteiger partial charge in [-0.05, 0) is 74.2 Å². The van der Waals surface area contributed by atoms with Crippen molar-refractivity contribution >= 4 is 32.3 Å². The van der Waals surface area contributed by atoms with Gasteiger partial charge in [0.2, 0.25) is 0 Å². The van der Waals surface area contributed by atoms with E-state index in [1.807, 2.05) is 48.7 Å². The third kappa shape index (κ3) is 5.24. The molecule has 0 fully saturated rings. The van der Waals surface area contributed by atoms with Crippen LogP contribution < -0.4 is 0 Å². The fraction of sp³-hybridized carbons (Fsp3) is 0.111. The predicted molar refractivity (Wildman–Crippen MR) is 196 cm³/mol. The molecule has 9 rings (SSSR count). The van der Waals surface area contributed by atoms with Gasteiger partial charge in [-0.25, -0.2) is 0 Å². The Balaban J connectivity index is 0.000000237. The predicted octanol–water partition coefficient (Wildman–Crippen LogP) is 11.6. The number of rotatable bonds is 4. The number of hydrogen-bond acceptors (Lipinski definition) is 2. The Morgan fingerprint density at radius 1 is 0.542 bits per heavy atom. The second kappa shape index (κ2) is 13.3. The first-order valence-corrected chi connectivity index (χ1v) is 16.5. The first-order chi connectivity index (χ1) is 23.2. The molecule has 6 aromatic carbocycles. The van der Waals surface area contributed by atoms with E-state index < -0.39 is 0 Å². The Bertz CT molecular complexity index is 2340. The fourth-order valence-electron chi connectivity index (χ4n) is 7.58. The van der Waals surface area contributed by atoms with Gasteiger partial charge in [0.25, 0.3) is 0 Å². The van der Waals surface area contributed by atoms with Gasteiger partial charge in [-0.1, -0.05) is 110 Å². The molecule has 3 heteroatoms. The minimum absolute atomic E-state index is 0. The number of hydrogen-bond donors (Lipinski definition) is 0. The molecule has 1 aliphatic carbocycles. The van der Waals surface area contributed by atoms with Crippen LogP contribution in [-0.2, 0) is 25.5 Å². The van der Waals surface area contributed by atoms with Crippen molar-refractivity contribution in [1.82, 2.24) is 9.97 Å². The monoisotopic (exact) mass is 795 g/mol. The normalized spacial score (nSPS) is 12.5. The average Bonchev–Trinajstić information content (AvgIpc) is 3.44. The summed E-state index contributed by atoms with van der Waals surface area (Å²) >= 11 is 0. The van der Waals surface area contributed by atoms with Crippen molar-refractivity contribution in [3.05, 3.63) is 169 Å². The molecule has 1 aliphatic rings. The molecule has 0 spiro atoms. The van der Waals surface area contributed by atoms with Crippen molar-refractivity contribution in [3.63, 3.8) is 0 Å². The zero-order valence-corrected chi connectivity index (χ0v) is 29.4. The summed E-state index contributed by atoms with van der Waals surface area (Å²) in [6, 6.07) is 53.7. The molecule has 0 saturated carbocycles. The molecule has 0 aliphatic heterocycles. The number of pyridine rings is 2. The van der Waals surface area contributed by atoms with E-state index in [0.29, 0.717) is 0 Å². The summed E-state index contributed by atoms with van der Waals surface area (Å²) in [5, 5.41) is 7.55. The topological polar surface area (TPSA) is 25.8 Å². The van der Waals surface area contributed by atoms with E-state index in [1.165, 1.54) is 54.6 Å². The number of benzene rings is 6. The average molecular weight is 795 g/mol. The van der Waals surface area contributed by atoms with Gasteiger partial charge in [-0.2, -0.15) is 0 Å². The van der Waals surface area contributed by atoms with Crippen LogP contribution in [0.5, 0.6) is 0 Å². The van der Waals surface area contributed by atoms with E-state index in [2.05, 4.69) is 122 Å². The molecule has 1 radical (unpaired) electrons. The molecule has 0 bridgehead atoms. The van der Waals surface area contributed by atoms with Crippen LogP contribution >= 0.6 is 0 Å². The zero-order valence-electron chi connectivity index (χ0n) is 27.0. The van der Waals surface area contributed by atoms with Crippen molar-refractivity contribution < 1.29 is 20.1 Å². The Hall–Kier alpha value is -4.95. The number of aromatic nitrogens is 2. The Morgan fingerprint density at radius 2 is 1.27 bits per heavy atom. The molecule has 2 aromatic heterocycles. The Kier molecular flexibility index (Phi) is 8.75. The molecule has 0 unspecified atom stereocenters. The van der Waals surface area contributed by atoms with Gasteiger partial charge in [-0.3, -0.25) is 0 Å². The third-order valence-electron chi connectivity index (χ3n) is 9.98. The molecular weight excluding hydrogens is 761 g/mol. The van der Waals surface area contributed by atoms with E-state index in [4.69, 9.17) is 4.98 Å². The second-order valence-electron chi connectivity index (χ2n) is 12.2. The van der Waals surface area contributed by atoms with Crippen molar-refractivity contribution in [2.24, 2.45) is 0 Å². The van der Waals surface area contributed by atoms with E-state index in [1.54, 1.807) is 6.20 Å². The smallest absolute Gasteiger partial charge is 0.0167 e. The van der Waals surface area contributed by atoms with Crippen LogP contribution in [0.3, 0.4) is 0 Å². The van der Waals surface area contributed by atoms with Crippen LogP contribution in [0.2, 0.25) is 0 Å². The number of nitrogens with zero attached hydrogens (tertiary/aromatic N) is 2. The van der Waals surface area contributed by atoms with E-state index in [0.717, 1.165) is 35.4 Å². The maximum Gasteiger partial charge on any atom is 0.0167 e. The summed E-state index contributed by atoms with van der Waals surface area (Å²) in [7, 11) is 0. The summed E-state index contributed by atoms with van der Waals surface area (Å²) in [5.41, 5.74) is 9.70. The van der Waals surface area contributed by atoms with Gasteiger partial charge >= 0.3 is 0 Å². The van der Waals surface area contributed by atoms with Crippen LogP contribution in [-0.4, -0.2) is 9.97 Å². The summed E-state index contributed by atoms with van der Waals surface area (Å²) < 4.78 is 0. The first-order valence-electron chi connectivity index (χ1n) is 16.5. The van der Waals surface area contributed by atoms with E-state index in [-0.39, 0.29) is 25.5 Å². The first kappa shape index (κ1) is 31.6. The quantitative estimate of drug-likeness (QED) is 0.131. The van der Waals surface area contributed by atoms with Gasteiger partial charge < -0.3 is 9.97 Å². The third-order valence-corrected chi connectivity index (χ3v) is 9.98. The van der Waals surface area contributed by atoms with Gasteiger partial charge in [-0.15, -0.1) is 65.2 Å².